The molecule has 0 aliphatic rings. The van der Waals surface area contributed by atoms with Crippen LogP contribution in [0.4, 0.5) is 5.69 Å². The second-order valence-electron chi connectivity index (χ2n) is 13.6. The molecule has 3 heteroatoms. The first-order valence-electron chi connectivity index (χ1n) is 14.7. The smallest absolute Gasteiger partial charge is 0.126 e. The van der Waals surface area contributed by atoms with Crippen molar-refractivity contribution in [1.82, 2.24) is 4.98 Å². The molecule has 5 rings (SSSR count). The second-order valence-corrected chi connectivity index (χ2v) is 14.6. The number of aromatic nitrogens is 1. The molecule has 0 saturated carbocycles. The molecule has 41 heavy (non-hydrogen) atoms. The summed E-state index contributed by atoms with van der Waals surface area (Å²) in [7, 11) is 0. The number of benzene rings is 4. The fourth-order valence-electron chi connectivity index (χ4n) is 5.14. The lowest BCUT2D eigenvalue weighted by Gasteiger charge is -2.25. The van der Waals surface area contributed by atoms with Crippen molar-refractivity contribution in [3.05, 3.63) is 107 Å². The molecule has 0 aliphatic heterocycles. The summed E-state index contributed by atoms with van der Waals surface area (Å²) in [5.41, 5.74) is 10.8. The zero-order valence-electron chi connectivity index (χ0n) is 25.7. The third-order valence-corrected chi connectivity index (χ3v) is 8.53. The van der Waals surface area contributed by atoms with Crippen LogP contribution in [0.25, 0.3) is 31.9 Å². The fourth-order valence-corrected chi connectivity index (χ4v) is 6.16. The van der Waals surface area contributed by atoms with Crippen molar-refractivity contribution >= 4 is 33.5 Å². The van der Waals surface area contributed by atoms with E-state index in [0.29, 0.717) is 5.92 Å². The van der Waals surface area contributed by atoms with Gasteiger partial charge in [-0.15, -0.1) is 11.3 Å². The highest BCUT2D eigenvalue weighted by atomic mass is 32.1. The van der Waals surface area contributed by atoms with E-state index in [9.17, 15) is 0 Å². The summed E-state index contributed by atoms with van der Waals surface area (Å²) in [4.78, 5) is 10.2. The Balaban J connectivity index is 1.54. The van der Waals surface area contributed by atoms with Crippen molar-refractivity contribution in [3.63, 3.8) is 0 Å². The average Bonchev–Trinajstić information content (AvgIpc) is 3.35. The van der Waals surface area contributed by atoms with E-state index in [2.05, 4.69) is 140 Å². The first-order valence-corrected chi connectivity index (χ1v) is 15.5. The fraction of sp³-hybridized carbons (Fsp3) is 0.316. The molecule has 5 aromatic rings. The van der Waals surface area contributed by atoms with Crippen molar-refractivity contribution in [2.75, 3.05) is 0 Å². The number of para-hydroxylation sites is 2. The Morgan fingerprint density at radius 1 is 0.756 bits per heavy atom. The number of aliphatic imine (C=N–C) groups is 1. The zero-order chi connectivity index (χ0) is 29.4. The molecule has 0 fully saturated rings. The molecule has 0 bridgehead atoms. The van der Waals surface area contributed by atoms with Gasteiger partial charge in [-0.1, -0.05) is 110 Å². The third kappa shape index (κ3) is 6.68. The van der Waals surface area contributed by atoms with Crippen molar-refractivity contribution in [1.29, 1.82) is 0 Å². The lowest BCUT2D eigenvalue weighted by Crippen LogP contribution is -2.17. The molecular weight excluding hydrogens is 516 g/mol. The summed E-state index contributed by atoms with van der Waals surface area (Å²) in [6.07, 6.45) is 3.09. The molecule has 4 aromatic carbocycles. The number of hydrogen-bond donors (Lipinski definition) is 0. The summed E-state index contributed by atoms with van der Waals surface area (Å²) >= 11 is 1.74. The minimum absolute atomic E-state index is 0.0643. The first kappa shape index (κ1) is 29.0. The molecule has 1 heterocycles. The molecule has 0 N–H and O–H groups in total. The van der Waals surface area contributed by atoms with E-state index < -0.39 is 0 Å². The van der Waals surface area contributed by atoms with Crippen molar-refractivity contribution < 1.29 is 0 Å². The molecule has 2 nitrogen and oxygen atoms in total. The molecule has 0 spiro atoms. The first-order chi connectivity index (χ1) is 19.4. The quantitative estimate of drug-likeness (QED) is 0.190. The van der Waals surface area contributed by atoms with Gasteiger partial charge in [0, 0.05) is 17.3 Å². The minimum Gasteiger partial charge on any atom is -0.256 e. The van der Waals surface area contributed by atoms with E-state index >= 15 is 0 Å². The number of hydrogen-bond acceptors (Lipinski definition) is 3. The monoisotopic (exact) mass is 558 g/mol. The predicted molar refractivity (Wildman–Crippen MR) is 180 cm³/mol. The summed E-state index contributed by atoms with van der Waals surface area (Å²) in [5.74, 6) is 0.625. The third-order valence-electron chi connectivity index (χ3n) is 7.48. The maximum atomic E-state index is 5.20. The number of fused-ring (bicyclic) bond motifs is 1. The zero-order valence-corrected chi connectivity index (χ0v) is 26.6. The van der Waals surface area contributed by atoms with Crippen LogP contribution in [0, 0.1) is 5.92 Å². The van der Waals surface area contributed by atoms with Gasteiger partial charge in [-0.2, -0.15) is 0 Å². The van der Waals surface area contributed by atoms with Crippen molar-refractivity contribution in [2.45, 2.75) is 72.6 Å². The molecular formula is C38H42N2S. The Morgan fingerprint density at radius 3 is 2.10 bits per heavy atom. The maximum Gasteiger partial charge on any atom is 0.126 e. The predicted octanol–water partition coefficient (Wildman–Crippen LogP) is 11.2. The number of thiazole rings is 1. The highest BCUT2D eigenvalue weighted by Crippen LogP contribution is 2.39. The average molecular weight is 559 g/mol. The van der Waals surface area contributed by atoms with Gasteiger partial charge in [-0.3, -0.25) is 4.99 Å². The molecule has 0 unspecified atom stereocenters. The van der Waals surface area contributed by atoms with Gasteiger partial charge in [-0.05, 0) is 81.3 Å². The van der Waals surface area contributed by atoms with Crippen LogP contribution in [-0.2, 0) is 17.3 Å². The van der Waals surface area contributed by atoms with E-state index in [0.717, 1.165) is 33.8 Å². The highest BCUT2D eigenvalue weighted by Gasteiger charge is 2.20. The van der Waals surface area contributed by atoms with Crippen LogP contribution in [0.3, 0.4) is 0 Å². The summed E-state index contributed by atoms with van der Waals surface area (Å²) < 4.78 is 1.19. The van der Waals surface area contributed by atoms with E-state index in [1.54, 1.807) is 11.3 Å². The van der Waals surface area contributed by atoms with E-state index in [1.165, 1.54) is 32.5 Å². The molecule has 210 valence electrons. The molecule has 0 aliphatic carbocycles. The summed E-state index contributed by atoms with van der Waals surface area (Å²) in [6, 6.07) is 30.7. The van der Waals surface area contributed by atoms with Gasteiger partial charge in [0.25, 0.3) is 0 Å². The van der Waals surface area contributed by atoms with E-state index in [-0.39, 0.29) is 10.8 Å². The van der Waals surface area contributed by atoms with Gasteiger partial charge in [0.05, 0.1) is 15.9 Å². The Kier molecular flexibility index (Phi) is 8.03. The Hall–Kier alpha value is -3.56. The SMILES string of the molecule is CC(C)Cc1cccc(-c2cccc3sc(-c4ccccc4N=Cc4cc(C(C)(C)C)cc(C(C)(C)C)c4)nc23)c1. The largest absolute Gasteiger partial charge is 0.256 e. The Labute approximate surface area is 250 Å². The number of rotatable bonds is 6. The lowest BCUT2D eigenvalue weighted by molar-refractivity contribution is 0.568. The standard InChI is InChI=1S/C38H42N2S/c1-25(2)19-26-13-11-14-28(20-26)31-16-12-18-34-35(31)40-36(41-34)32-15-9-10-17-33(32)39-24-27-21-29(37(3,4)5)23-30(22-27)38(6,7)8/h9-18,20-25H,19H2,1-8H3. The van der Waals surface area contributed by atoms with Crippen molar-refractivity contribution in [2.24, 2.45) is 10.9 Å². The van der Waals surface area contributed by atoms with Gasteiger partial charge >= 0.3 is 0 Å². The topological polar surface area (TPSA) is 25.2 Å². The van der Waals surface area contributed by atoms with E-state index in [4.69, 9.17) is 9.98 Å². The van der Waals surface area contributed by atoms with Gasteiger partial charge in [0.2, 0.25) is 0 Å². The number of nitrogens with zero attached hydrogens (tertiary/aromatic N) is 2. The van der Waals surface area contributed by atoms with Crippen LogP contribution < -0.4 is 0 Å². The molecule has 0 radical (unpaired) electrons. The van der Waals surface area contributed by atoms with Crippen molar-refractivity contribution in [3.8, 4) is 21.7 Å². The Bertz CT molecular complexity index is 1670. The highest BCUT2D eigenvalue weighted by molar-refractivity contribution is 7.21. The van der Waals surface area contributed by atoms with Crippen LogP contribution >= 0.6 is 11.3 Å². The van der Waals surface area contributed by atoms with Gasteiger partial charge in [0.15, 0.2) is 0 Å². The summed E-state index contributed by atoms with van der Waals surface area (Å²) in [6.45, 7) is 18.2. The maximum absolute atomic E-state index is 5.20. The normalized spacial score (nSPS) is 12.6. The van der Waals surface area contributed by atoms with Gasteiger partial charge < -0.3 is 0 Å². The van der Waals surface area contributed by atoms with Crippen LogP contribution in [0.1, 0.15) is 77.6 Å². The Morgan fingerprint density at radius 2 is 1.41 bits per heavy atom. The second kappa shape index (κ2) is 11.4. The van der Waals surface area contributed by atoms with Crippen LogP contribution in [-0.4, -0.2) is 11.2 Å². The van der Waals surface area contributed by atoms with Crippen LogP contribution in [0.2, 0.25) is 0 Å². The van der Waals surface area contributed by atoms with Gasteiger partial charge in [0.1, 0.15) is 5.01 Å². The minimum atomic E-state index is 0.0643. The molecule has 1 aromatic heterocycles. The van der Waals surface area contributed by atoms with Crippen LogP contribution in [0.5, 0.6) is 0 Å². The van der Waals surface area contributed by atoms with Gasteiger partial charge in [-0.25, -0.2) is 4.98 Å². The summed E-state index contributed by atoms with van der Waals surface area (Å²) in [5, 5.41) is 0.998. The van der Waals surface area contributed by atoms with E-state index in [1.807, 2.05) is 6.21 Å². The molecule has 0 atom stereocenters. The molecule has 0 saturated heterocycles. The van der Waals surface area contributed by atoms with Crippen LogP contribution in [0.15, 0.2) is 89.9 Å². The lowest BCUT2D eigenvalue weighted by atomic mass is 9.79. The molecule has 0 amide bonds.